The maximum absolute atomic E-state index is 5.26. The molecule has 6 heteroatoms. The van der Waals surface area contributed by atoms with Gasteiger partial charge in [-0.25, -0.2) is 0 Å². The van der Waals surface area contributed by atoms with Gasteiger partial charge >= 0.3 is 0 Å². The fraction of sp³-hybridized carbons (Fsp3) is 0.474. The number of nitrogens with one attached hydrogen (secondary N) is 2. The Morgan fingerprint density at radius 3 is 2.72 bits per heavy atom. The topological polar surface area (TPSA) is 63.5 Å². The number of benzene rings is 1. The Labute approximate surface area is 150 Å². The summed E-state index contributed by atoms with van der Waals surface area (Å²) in [6, 6.07) is 8.21. The van der Waals surface area contributed by atoms with Gasteiger partial charge in [0.25, 0.3) is 0 Å². The third kappa shape index (κ3) is 5.24. The van der Waals surface area contributed by atoms with Crippen LogP contribution in [0, 0.1) is 13.8 Å². The summed E-state index contributed by atoms with van der Waals surface area (Å²) in [4.78, 5) is 4.29. The summed E-state index contributed by atoms with van der Waals surface area (Å²) < 4.78 is 7.17. The average Bonchev–Trinajstić information content (AvgIpc) is 2.87. The molecule has 0 aliphatic heterocycles. The van der Waals surface area contributed by atoms with Gasteiger partial charge in [-0.05, 0) is 44.4 Å². The van der Waals surface area contributed by atoms with Crippen molar-refractivity contribution in [3.8, 4) is 5.75 Å². The van der Waals surface area contributed by atoms with Crippen molar-refractivity contribution < 1.29 is 4.74 Å². The lowest BCUT2D eigenvalue weighted by Crippen LogP contribution is -2.37. The van der Waals surface area contributed by atoms with Crippen LogP contribution in [-0.2, 0) is 20.0 Å². The normalized spacial score (nSPS) is 11.5. The number of ether oxygens (including phenoxy) is 1. The molecule has 2 aromatic rings. The van der Waals surface area contributed by atoms with Gasteiger partial charge in [-0.3, -0.25) is 9.67 Å². The lowest BCUT2D eigenvalue weighted by atomic mass is 10.1. The Hall–Kier alpha value is -2.50. The van der Waals surface area contributed by atoms with Gasteiger partial charge in [-0.2, -0.15) is 5.10 Å². The van der Waals surface area contributed by atoms with Crippen molar-refractivity contribution in [2.45, 2.75) is 33.2 Å². The first kappa shape index (κ1) is 18.8. The second-order valence-corrected chi connectivity index (χ2v) is 6.08. The zero-order valence-corrected chi connectivity index (χ0v) is 15.9. The van der Waals surface area contributed by atoms with E-state index in [1.54, 1.807) is 14.2 Å². The summed E-state index contributed by atoms with van der Waals surface area (Å²) >= 11 is 0. The first-order chi connectivity index (χ1) is 12.0. The standard InChI is InChI=1S/C19H29N5O/c1-14-18(15(2)24(4)23-14)13-22-19(20-3)21-11-7-9-16-8-6-10-17(12-16)25-5/h6,8,10,12H,7,9,11,13H2,1-5H3,(H2,20,21,22). The number of rotatable bonds is 7. The number of aryl methyl sites for hydroxylation is 3. The summed E-state index contributed by atoms with van der Waals surface area (Å²) in [7, 11) is 5.46. The van der Waals surface area contributed by atoms with E-state index < -0.39 is 0 Å². The van der Waals surface area contributed by atoms with Crippen LogP contribution in [0.15, 0.2) is 29.3 Å². The molecule has 6 nitrogen and oxygen atoms in total. The van der Waals surface area contributed by atoms with Gasteiger partial charge in [-0.1, -0.05) is 12.1 Å². The lowest BCUT2D eigenvalue weighted by Gasteiger charge is -2.12. The van der Waals surface area contributed by atoms with Crippen LogP contribution in [0.25, 0.3) is 0 Å². The Bertz CT molecular complexity index is 721. The van der Waals surface area contributed by atoms with Crippen molar-refractivity contribution in [2.24, 2.45) is 12.0 Å². The van der Waals surface area contributed by atoms with E-state index in [0.29, 0.717) is 0 Å². The minimum Gasteiger partial charge on any atom is -0.497 e. The minimum absolute atomic E-state index is 0.723. The van der Waals surface area contributed by atoms with E-state index in [4.69, 9.17) is 4.74 Å². The molecule has 1 aromatic heterocycles. The molecular formula is C19H29N5O. The highest BCUT2D eigenvalue weighted by Gasteiger charge is 2.09. The van der Waals surface area contributed by atoms with E-state index in [2.05, 4.69) is 39.8 Å². The van der Waals surface area contributed by atoms with Gasteiger partial charge in [0, 0.05) is 38.4 Å². The maximum Gasteiger partial charge on any atom is 0.191 e. The Balaban J connectivity index is 1.76. The monoisotopic (exact) mass is 343 g/mol. The van der Waals surface area contributed by atoms with E-state index in [9.17, 15) is 0 Å². The Morgan fingerprint density at radius 1 is 1.28 bits per heavy atom. The number of hydrogen-bond acceptors (Lipinski definition) is 3. The number of guanidine groups is 1. The number of methoxy groups -OCH3 is 1. The molecule has 2 N–H and O–H groups in total. The third-order valence-electron chi connectivity index (χ3n) is 4.38. The number of hydrogen-bond donors (Lipinski definition) is 2. The molecule has 0 spiro atoms. The van der Waals surface area contributed by atoms with Crippen molar-refractivity contribution in [3.05, 3.63) is 46.8 Å². The van der Waals surface area contributed by atoms with E-state index in [1.165, 1.54) is 16.8 Å². The number of nitrogens with zero attached hydrogens (tertiary/aromatic N) is 3. The van der Waals surface area contributed by atoms with Gasteiger partial charge in [0.05, 0.1) is 12.8 Å². The van der Waals surface area contributed by atoms with Crippen LogP contribution in [0.2, 0.25) is 0 Å². The van der Waals surface area contributed by atoms with Crippen LogP contribution in [0.5, 0.6) is 5.75 Å². The van der Waals surface area contributed by atoms with Crippen LogP contribution < -0.4 is 15.4 Å². The fourth-order valence-corrected chi connectivity index (χ4v) is 2.79. The highest BCUT2D eigenvalue weighted by atomic mass is 16.5. The molecule has 136 valence electrons. The Kier molecular flexibility index (Phi) is 6.86. The molecule has 1 aromatic carbocycles. The lowest BCUT2D eigenvalue weighted by molar-refractivity contribution is 0.414. The molecule has 25 heavy (non-hydrogen) atoms. The van der Waals surface area contributed by atoms with Gasteiger partial charge in [0.2, 0.25) is 0 Å². The van der Waals surface area contributed by atoms with E-state index >= 15 is 0 Å². The second kappa shape index (κ2) is 9.11. The molecule has 0 saturated carbocycles. The number of aromatic nitrogens is 2. The molecule has 0 radical (unpaired) electrons. The minimum atomic E-state index is 0.723. The predicted molar refractivity (Wildman–Crippen MR) is 102 cm³/mol. The zero-order valence-electron chi connectivity index (χ0n) is 15.9. The SMILES string of the molecule is CN=C(NCCCc1cccc(OC)c1)NCc1c(C)nn(C)c1C. The molecule has 0 aliphatic rings. The van der Waals surface area contributed by atoms with Crippen LogP contribution in [-0.4, -0.2) is 36.4 Å². The maximum atomic E-state index is 5.26. The molecule has 0 fully saturated rings. The van der Waals surface area contributed by atoms with E-state index in [1.807, 2.05) is 30.8 Å². The van der Waals surface area contributed by atoms with Crippen LogP contribution >= 0.6 is 0 Å². The summed E-state index contributed by atoms with van der Waals surface area (Å²) in [5.74, 6) is 1.72. The largest absolute Gasteiger partial charge is 0.497 e. The predicted octanol–water partition coefficient (Wildman–Crippen LogP) is 2.34. The molecule has 0 amide bonds. The van der Waals surface area contributed by atoms with Crippen molar-refractivity contribution in [2.75, 3.05) is 20.7 Å². The molecule has 1 heterocycles. The smallest absolute Gasteiger partial charge is 0.191 e. The third-order valence-corrected chi connectivity index (χ3v) is 4.38. The molecule has 0 aliphatic carbocycles. The summed E-state index contributed by atoms with van der Waals surface area (Å²) in [5, 5.41) is 11.2. The van der Waals surface area contributed by atoms with Crippen molar-refractivity contribution in [3.63, 3.8) is 0 Å². The molecule has 0 atom stereocenters. The summed E-state index contributed by atoms with van der Waals surface area (Å²) in [6.45, 7) is 5.71. The summed E-state index contributed by atoms with van der Waals surface area (Å²) in [6.07, 6.45) is 2.03. The second-order valence-electron chi connectivity index (χ2n) is 6.08. The first-order valence-electron chi connectivity index (χ1n) is 8.61. The molecule has 0 bridgehead atoms. The van der Waals surface area contributed by atoms with Crippen molar-refractivity contribution >= 4 is 5.96 Å². The fourth-order valence-electron chi connectivity index (χ4n) is 2.79. The van der Waals surface area contributed by atoms with E-state index in [0.717, 1.165) is 43.3 Å². The average molecular weight is 343 g/mol. The Morgan fingerprint density at radius 2 is 2.08 bits per heavy atom. The zero-order chi connectivity index (χ0) is 18.2. The van der Waals surface area contributed by atoms with Gasteiger partial charge in [-0.15, -0.1) is 0 Å². The van der Waals surface area contributed by atoms with Crippen LogP contribution in [0.3, 0.4) is 0 Å². The van der Waals surface area contributed by atoms with Gasteiger partial charge < -0.3 is 15.4 Å². The molecule has 0 saturated heterocycles. The molecular weight excluding hydrogens is 314 g/mol. The van der Waals surface area contributed by atoms with Crippen LogP contribution in [0.4, 0.5) is 0 Å². The van der Waals surface area contributed by atoms with E-state index in [-0.39, 0.29) is 0 Å². The van der Waals surface area contributed by atoms with Crippen LogP contribution in [0.1, 0.15) is 28.9 Å². The first-order valence-corrected chi connectivity index (χ1v) is 8.61. The number of aliphatic imine (C=N–C) groups is 1. The quantitative estimate of drug-likeness (QED) is 0.460. The molecule has 2 rings (SSSR count). The summed E-state index contributed by atoms with van der Waals surface area (Å²) in [5.41, 5.74) is 4.74. The highest BCUT2D eigenvalue weighted by molar-refractivity contribution is 5.79. The highest BCUT2D eigenvalue weighted by Crippen LogP contribution is 2.13. The van der Waals surface area contributed by atoms with Gasteiger partial charge in [0.1, 0.15) is 5.75 Å². The molecule has 0 unspecified atom stereocenters. The van der Waals surface area contributed by atoms with Crippen molar-refractivity contribution in [1.82, 2.24) is 20.4 Å². The van der Waals surface area contributed by atoms with Crippen molar-refractivity contribution in [1.29, 1.82) is 0 Å². The van der Waals surface area contributed by atoms with Gasteiger partial charge in [0.15, 0.2) is 5.96 Å².